The average molecular weight is 271 g/mol. The van der Waals surface area contributed by atoms with Gasteiger partial charge in [0, 0.05) is 6.20 Å². The molecule has 17 heavy (non-hydrogen) atoms. The minimum absolute atomic E-state index is 0.177. The summed E-state index contributed by atoms with van der Waals surface area (Å²) in [5.41, 5.74) is 5.63. The molecule has 0 amide bonds. The van der Waals surface area contributed by atoms with Crippen molar-refractivity contribution in [3.8, 4) is 0 Å². The number of rotatable bonds is 2. The van der Waals surface area contributed by atoms with Gasteiger partial charge >= 0.3 is 5.69 Å². The van der Waals surface area contributed by atoms with Crippen molar-refractivity contribution in [2.75, 3.05) is 5.73 Å². The fourth-order valence-electron chi connectivity index (χ4n) is 1.32. The first kappa shape index (κ1) is 11.9. The Labute approximate surface area is 107 Å². The summed E-state index contributed by atoms with van der Waals surface area (Å²) < 4.78 is 1.32. The molecule has 2 aromatic rings. The monoisotopic (exact) mass is 270 g/mol. The minimum Gasteiger partial charge on any atom is -0.384 e. The Morgan fingerprint density at radius 1 is 1.35 bits per heavy atom. The molecule has 0 aliphatic rings. The summed E-state index contributed by atoms with van der Waals surface area (Å²) in [5.74, 6) is 0.340. The smallest absolute Gasteiger partial charge is 0.347 e. The third-order valence-electron chi connectivity index (χ3n) is 2.08. The van der Waals surface area contributed by atoms with Gasteiger partial charge in [0.05, 0.1) is 28.5 Å². The van der Waals surface area contributed by atoms with Crippen molar-refractivity contribution < 1.29 is 0 Å². The van der Waals surface area contributed by atoms with Crippen molar-refractivity contribution >= 4 is 29.0 Å². The zero-order valence-electron chi connectivity index (χ0n) is 8.60. The molecule has 7 heteroatoms. The van der Waals surface area contributed by atoms with Crippen LogP contribution in [0.1, 0.15) is 5.69 Å². The van der Waals surface area contributed by atoms with E-state index >= 15 is 0 Å². The van der Waals surface area contributed by atoms with Gasteiger partial charge in [0.15, 0.2) is 0 Å². The van der Waals surface area contributed by atoms with E-state index in [1.54, 1.807) is 12.1 Å². The van der Waals surface area contributed by atoms with Gasteiger partial charge in [-0.3, -0.25) is 4.57 Å². The molecule has 2 aromatic heterocycles. The molecular formula is C10H8Cl2N4O. The average Bonchev–Trinajstić information content (AvgIpc) is 2.28. The predicted molar refractivity (Wildman–Crippen MR) is 66.3 cm³/mol. The number of aromatic nitrogens is 3. The van der Waals surface area contributed by atoms with Gasteiger partial charge in [0.25, 0.3) is 0 Å². The van der Waals surface area contributed by atoms with Crippen LogP contribution in [0.15, 0.2) is 29.3 Å². The molecule has 2 rings (SSSR count). The number of hydrogen-bond acceptors (Lipinski definition) is 4. The first-order valence-corrected chi connectivity index (χ1v) is 5.45. The molecular weight excluding hydrogens is 263 g/mol. The third kappa shape index (κ3) is 2.75. The summed E-state index contributed by atoms with van der Waals surface area (Å²) in [6.07, 6.45) is 2.76. The van der Waals surface area contributed by atoms with E-state index in [0.29, 0.717) is 21.6 Å². The highest BCUT2D eigenvalue weighted by atomic mass is 35.5. The second kappa shape index (κ2) is 4.73. The molecule has 0 fully saturated rings. The first-order chi connectivity index (χ1) is 8.06. The van der Waals surface area contributed by atoms with E-state index < -0.39 is 5.69 Å². The van der Waals surface area contributed by atoms with Crippen LogP contribution in [0.4, 0.5) is 5.82 Å². The molecule has 0 spiro atoms. The van der Waals surface area contributed by atoms with Crippen molar-refractivity contribution in [1.29, 1.82) is 0 Å². The normalized spacial score (nSPS) is 10.5. The van der Waals surface area contributed by atoms with Gasteiger partial charge in [0.2, 0.25) is 0 Å². The fraction of sp³-hybridized carbons (Fsp3) is 0.100. The molecule has 0 saturated carbocycles. The third-order valence-corrected chi connectivity index (χ3v) is 2.62. The van der Waals surface area contributed by atoms with Gasteiger partial charge in [-0.15, -0.1) is 0 Å². The second-order valence-corrected chi connectivity index (χ2v) is 4.19. The van der Waals surface area contributed by atoms with E-state index in [1.165, 1.54) is 17.0 Å². The molecule has 2 heterocycles. The lowest BCUT2D eigenvalue weighted by atomic mass is 10.3. The molecule has 88 valence electrons. The molecule has 0 unspecified atom stereocenters. The van der Waals surface area contributed by atoms with Crippen LogP contribution >= 0.6 is 23.2 Å². The Morgan fingerprint density at radius 3 is 2.88 bits per heavy atom. The summed E-state index contributed by atoms with van der Waals surface area (Å²) in [6.45, 7) is 0.177. The molecule has 0 aromatic carbocycles. The topological polar surface area (TPSA) is 73.8 Å². The van der Waals surface area contributed by atoms with E-state index in [1.807, 2.05) is 0 Å². The van der Waals surface area contributed by atoms with Crippen molar-refractivity contribution in [1.82, 2.24) is 14.5 Å². The summed E-state index contributed by atoms with van der Waals surface area (Å²) in [5, 5.41) is 0.802. The van der Waals surface area contributed by atoms with Gasteiger partial charge in [-0.25, -0.2) is 14.8 Å². The summed E-state index contributed by atoms with van der Waals surface area (Å²) in [6, 6.07) is 3.22. The Bertz CT molecular complexity index is 611. The number of pyridine rings is 1. The van der Waals surface area contributed by atoms with Crippen LogP contribution in [-0.4, -0.2) is 14.5 Å². The fourth-order valence-corrected chi connectivity index (χ4v) is 1.65. The largest absolute Gasteiger partial charge is 0.384 e. The van der Waals surface area contributed by atoms with E-state index in [0.717, 1.165) is 0 Å². The number of hydrogen-bond donors (Lipinski definition) is 1. The molecule has 5 nitrogen and oxygen atoms in total. The first-order valence-electron chi connectivity index (χ1n) is 4.69. The maximum Gasteiger partial charge on any atom is 0.347 e. The van der Waals surface area contributed by atoms with Crippen LogP contribution in [0.2, 0.25) is 10.0 Å². The standard InChI is InChI=1S/C10H8Cl2N4O/c11-6-3-14-10(17)16(4-6)5-8-7(12)1-2-9(13)15-8/h1-4H,5H2,(H2,13,15). The zero-order valence-corrected chi connectivity index (χ0v) is 10.1. The van der Waals surface area contributed by atoms with Crippen LogP contribution in [-0.2, 0) is 6.54 Å². The van der Waals surface area contributed by atoms with E-state index in [9.17, 15) is 4.79 Å². The molecule has 0 aliphatic heterocycles. The quantitative estimate of drug-likeness (QED) is 0.899. The van der Waals surface area contributed by atoms with Crippen molar-refractivity contribution in [3.05, 3.63) is 50.7 Å². The Hall–Kier alpha value is -1.59. The van der Waals surface area contributed by atoms with Crippen molar-refractivity contribution in [3.63, 3.8) is 0 Å². The molecule has 0 radical (unpaired) electrons. The highest BCUT2D eigenvalue weighted by Crippen LogP contribution is 2.16. The predicted octanol–water partition coefficient (Wildman–Crippen LogP) is 1.58. The minimum atomic E-state index is -0.422. The number of nitrogen functional groups attached to an aromatic ring is 1. The van der Waals surface area contributed by atoms with E-state index in [2.05, 4.69) is 9.97 Å². The highest BCUT2D eigenvalue weighted by Gasteiger charge is 2.06. The highest BCUT2D eigenvalue weighted by molar-refractivity contribution is 6.31. The maximum atomic E-state index is 11.5. The van der Waals surface area contributed by atoms with Gasteiger partial charge in [-0.1, -0.05) is 23.2 Å². The summed E-state index contributed by atoms with van der Waals surface area (Å²) in [7, 11) is 0. The number of nitrogens with two attached hydrogens (primary N) is 1. The Morgan fingerprint density at radius 2 is 2.12 bits per heavy atom. The van der Waals surface area contributed by atoms with Crippen molar-refractivity contribution in [2.24, 2.45) is 0 Å². The number of halogens is 2. The SMILES string of the molecule is Nc1ccc(Cl)c(Cn2cc(Cl)cnc2=O)n1. The zero-order chi connectivity index (χ0) is 12.4. The van der Waals surface area contributed by atoms with E-state index in [-0.39, 0.29) is 6.54 Å². The van der Waals surface area contributed by atoms with Crippen LogP contribution in [0.3, 0.4) is 0 Å². The molecule has 0 saturated heterocycles. The Kier molecular flexibility index (Phi) is 3.31. The second-order valence-electron chi connectivity index (χ2n) is 3.35. The molecule has 0 aliphatic carbocycles. The van der Waals surface area contributed by atoms with Gasteiger partial charge in [0.1, 0.15) is 5.82 Å². The molecule has 0 atom stereocenters. The van der Waals surface area contributed by atoms with Crippen LogP contribution in [0.5, 0.6) is 0 Å². The van der Waals surface area contributed by atoms with Gasteiger partial charge in [-0.2, -0.15) is 0 Å². The van der Waals surface area contributed by atoms with Gasteiger partial charge < -0.3 is 5.73 Å². The van der Waals surface area contributed by atoms with Crippen LogP contribution in [0, 0.1) is 0 Å². The molecule has 2 N–H and O–H groups in total. The lowest BCUT2D eigenvalue weighted by Gasteiger charge is -2.06. The van der Waals surface area contributed by atoms with E-state index in [4.69, 9.17) is 28.9 Å². The number of anilines is 1. The van der Waals surface area contributed by atoms with Crippen LogP contribution < -0.4 is 11.4 Å². The summed E-state index contributed by atoms with van der Waals surface area (Å²) >= 11 is 11.7. The Balaban J connectivity index is 2.41. The summed E-state index contributed by atoms with van der Waals surface area (Å²) in [4.78, 5) is 19.1. The maximum absolute atomic E-state index is 11.5. The lowest BCUT2D eigenvalue weighted by molar-refractivity contribution is 0.712. The van der Waals surface area contributed by atoms with Crippen LogP contribution in [0.25, 0.3) is 0 Å². The van der Waals surface area contributed by atoms with Crippen molar-refractivity contribution in [2.45, 2.75) is 6.54 Å². The van der Waals surface area contributed by atoms with Gasteiger partial charge in [-0.05, 0) is 12.1 Å². The lowest BCUT2D eigenvalue weighted by Crippen LogP contribution is -2.23. The number of nitrogens with zero attached hydrogens (tertiary/aromatic N) is 3. The molecule has 0 bridgehead atoms.